The van der Waals surface area contributed by atoms with E-state index in [1.54, 1.807) is 11.3 Å². The SMILES string of the molecule is CCNC(CCC(C)C)Cc1nccs1. The lowest BCUT2D eigenvalue weighted by Crippen LogP contribution is -2.31. The maximum Gasteiger partial charge on any atom is 0.0940 e. The zero-order valence-electron chi connectivity index (χ0n) is 9.99. The quantitative estimate of drug-likeness (QED) is 0.773. The fourth-order valence-corrected chi connectivity index (χ4v) is 2.36. The smallest absolute Gasteiger partial charge is 0.0940 e. The van der Waals surface area contributed by atoms with Crippen LogP contribution >= 0.6 is 11.3 Å². The molecule has 0 aromatic carbocycles. The van der Waals surface area contributed by atoms with E-state index >= 15 is 0 Å². The predicted octanol–water partition coefficient (Wildman–Crippen LogP) is 3.10. The van der Waals surface area contributed by atoms with Gasteiger partial charge in [0.15, 0.2) is 0 Å². The summed E-state index contributed by atoms with van der Waals surface area (Å²) in [5, 5.41) is 6.85. The molecule has 0 bridgehead atoms. The minimum atomic E-state index is 0.601. The van der Waals surface area contributed by atoms with Crippen LogP contribution in [-0.4, -0.2) is 17.6 Å². The van der Waals surface area contributed by atoms with Crippen LogP contribution in [0.4, 0.5) is 0 Å². The minimum absolute atomic E-state index is 0.601. The number of thiazole rings is 1. The highest BCUT2D eigenvalue weighted by atomic mass is 32.1. The summed E-state index contributed by atoms with van der Waals surface area (Å²) in [5.74, 6) is 0.794. The van der Waals surface area contributed by atoms with E-state index in [1.807, 2.05) is 6.20 Å². The minimum Gasteiger partial charge on any atom is -0.314 e. The molecule has 1 aromatic heterocycles. The molecule has 1 heterocycles. The standard InChI is InChI=1S/C12H22N2S/c1-4-13-11(6-5-10(2)3)9-12-14-7-8-15-12/h7-8,10-11,13H,4-6,9H2,1-3H3. The van der Waals surface area contributed by atoms with E-state index in [1.165, 1.54) is 17.8 Å². The molecule has 0 aliphatic heterocycles. The van der Waals surface area contributed by atoms with Crippen LogP contribution < -0.4 is 5.32 Å². The Kier molecular flexibility index (Phi) is 5.88. The van der Waals surface area contributed by atoms with Crippen molar-refractivity contribution in [2.45, 2.75) is 46.1 Å². The van der Waals surface area contributed by atoms with Crippen LogP contribution in [0.15, 0.2) is 11.6 Å². The normalized spacial score (nSPS) is 13.3. The van der Waals surface area contributed by atoms with Crippen LogP contribution in [0.1, 0.15) is 38.6 Å². The lowest BCUT2D eigenvalue weighted by molar-refractivity contribution is 0.434. The monoisotopic (exact) mass is 226 g/mol. The molecule has 1 N–H and O–H groups in total. The first-order valence-corrected chi connectivity index (χ1v) is 6.72. The van der Waals surface area contributed by atoms with Crippen molar-refractivity contribution in [1.82, 2.24) is 10.3 Å². The third kappa shape index (κ3) is 5.28. The Labute approximate surface area is 97.1 Å². The lowest BCUT2D eigenvalue weighted by Gasteiger charge is -2.17. The molecule has 3 heteroatoms. The average Bonchev–Trinajstić information content (AvgIpc) is 2.67. The third-order valence-corrected chi connectivity index (χ3v) is 3.29. The highest BCUT2D eigenvalue weighted by molar-refractivity contribution is 7.09. The first kappa shape index (κ1) is 12.7. The van der Waals surface area contributed by atoms with Gasteiger partial charge in [0, 0.05) is 24.0 Å². The van der Waals surface area contributed by atoms with Crippen LogP contribution in [-0.2, 0) is 6.42 Å². The van der Waals surface area contributed by atoms with Gasteiger partial charge in [0.25, 0.3) is 0 Å². The first-order chi connectivity index (χ1) is 7.22. The molecule has 0 spiro atoms. The Morgan fingerprint density at radius 1 is 1.40 bits per heavy atom. The van der Waals surface area contributed by atoms with Gasteiger partial charge in [0.1, 0.15) is 0 Å². The van der Waals surface area contributed by atoms with Crippen molar-refractivity contribution in [1.29, 1.82) is 0 Å². The van der Waals surface area contributed by atoms with E-state index in [2.05, 4.69) is 36.5 Å². The molecule has 0 saturated carbocycles. The maximum absolute atomic E-state index is 4.34. The molecule has 1 atom stereocenters. The molecule has 0 aliphatic carbocycles. The van der Waals surface area contributed by atoms with Crippen LogP contribution in [0.2, 0.25) is 0 Å². The first-order valence-electron chi connectivity index (χ1n) is 5.84. The van der Waals surface area contributed by atoms with Crippen LogP contribution in [0, 0.1) is 5.92 Å². The van der Waals surface area contributed by atoms with E-state index in [4.69, 9.17) is 0 Å². The van der Waals surface area contributed by atoms with Gasteiger partial charge < -0.3 is 5.32 Å². The Balaban J connectivity index is 2.36. The molecule has 15 heavy (non-hydrogen) atoms. The molecule has 0 amide bonds. The molecule has 0 radical (unpaired) electrons. The van der Waals surface area contributed by atoms with Gasteiger partial charge in [0.2, 0.25) is 0 Å². The molecule has 0 fully saturated rings. The largest absolute Gasteiger partial charge is 0.314 e. The van der Waals surface area contributed by atoms with Gasteiger partial charge in [-0.15, -0.1) is 11.3 Å². The predicted molar refractivity (Wildman–Crippen MR) is 67.4 cm³/mol. The molecular weight excluding hydrogens is 204 g/mol. The van der Waals surface area contributed by atoms with E-state index < -0.39 is 0 Å². The van der Waals surface area contributed by atoms with Crippen molar-refractivity contribution in [2.75, 3.05) is 6.54 Å². The van der Waals surface area contributed by atoms with Gasteiger partial charge >= 0.3 is 0 Å². The number of hydrogen-bond acceptors (Lipinski definition) is 3. The molecule has 86 valence electrons. The topological polar surface area (TPSA) is 24.9 Å². The highest BCUT2D eigenvalue weighted by Gasteiger charge is 2.10. The fourth-order valence-electron chi connectivity index (χ4n) is 1.66. The van der Waals surface area contributed by atoms with E-state index in [-0.39, 0.29) is 0 Å². The van der Waals surface area contributed by atoms with Gasteiger partial charge in [0.05, 0.1) is 5.01 Å². The van der Waals surface area contributed by atoms with Crippen molar-refractivity contribution in [2.24, 2.45) is 5.92 Å². The summed E-state index contributed by atoms with van der Waals surface area (Å²) in [6.07, 6.45) is 5.53. The highest BCUT2D eigenvalue weighted by Crippen LogP contribution is 2.13. The number of aromatic nitrogens is 1. The number of nitrogens with one attached hydrogen (secondary N) is 1. The van der Waals surface area contributed by atoms with Crippen molar-refractivity contribution in [3.05, 3.63) is 16.6 Å². The van der Waals surface area contributed by atoms with Gasteiger partial charge in [-0.3, -0.25) is 0 Å². The summed E-state index contributed by atoms with van der Waals surface area (Å²) in [6.45, 7) is 7.79. The van der Waals surface area contributed by atoms with Gasteiger partial charge in [-0.1, -0.05) is 20.8 Å². The molecular formula is C12H22N2S. The Morgan fingerprint density at radius 3 is 2.73 bits per heavy atom. The molecule has 1 rings (SSSR count). The fraction of sp³-hybridized carbons (Fsp3) is 0.750. The van der Waals surface area contributed by atoms with Crippen LogP contribution in [0.3, 0.4) is 0 Å². The van der Waals surface area contributed by atoms with Crippen molar-refractivity contribution >= 4 is 11.3 Å². The molecule has 0 saturated heterocycles. The van der Waals surface area contributed by atoms with Crippen molar-refractivity contribution in [3.63, 3.8) is 0 Å². The number of nitrogens with zero attached hydrogens (tertiary/aromatic N) is 1. The zero-order chi connectivity index (χ0) is 11.1. The maximum atomic E-state index is 4.34. The second-order valence-electron chi connectivity index (χ2n) is 4.36. The summed E-state index contributed by atoms with van der Waals surface area (Å²) < 4.78 is 0. The van der Waals surface area contributed by atoms with Gasteiger partial charge in [-0.25, -0.2) is 4.98 Å². The number of hydrogen-bond donors (Lipinski definition) is 1. The number of rotatable bonds is 7. The average molecular weight is 226 g/mol. The Bertz CT molecular complexity index is 244. The Hall–Kier alpha value is -0.410. The van der Waals surface area contributed by atoms with Crippen molar-refractivity contribution in [3.8, 4) is 0 Å². The van der Waals surface area contributed by atoms with Crippen LogP contribution in [0.25, 0.3) is 0 Å². The number of likely N-dealkylation sites (N-methyl/N-ethyl adjacent to an activating group) is 1. The molecule has 2 nitrogen and oxygen atoms in total. The second-order valence-corrected chi connectivity index (χ2v) is 5.33. The summed E-state index contributed by atoms with van der Waals surface area (Å²) >= 11 is 1.76. The van der Waals surface area contributed by atoms with Gasteiger partial charge in [-0.2, -0.15) is 0 Å². The summed E-state index contributed by atoms with van der Waals surface area (Å²) in [5.41, 5.74) is 0. The molecule has 0 aliphatic rings. The summed E-state index contributed by atoms with van der Waals surface area (Å²) in [7, 11) is 0. The lowest BCUT2D eigenvalue weighted by atomic mass is 10.0. The molecule has 1 unspecified atom stereocenters. The Morgan fingerprint density at radius 2 is 2.20 bits per heavy atom. The molecule has 1 aromatic rings. The summed E-state index contributed by atoms with van der Waals surface area (Å²) in [4.78, 5) is 4.34. The second kappa shape index (κ2) is 6.96. The van der Waals surface area contributed by atoms with Crippen molar-refractivity contribution < 1.29 is 0 Å². The third-order valence-electron chi connectivity index (χ3n) is 2.49. The van der Waals surface area contributed by atoms with E-state index in [0.29, 0.717) is 6.04 Å². The van der Waals surface area contributed by atoms with E-state index in [0.717, 1.165) is 18.9 Å². The van der Waals surface area contributed by atoms with Crippen LogP contribution in [0.5, 0.6) is 0 Å². The van der Waals surface area contributed by atoms with Gasteiger partial charge in [-0.05, 0) is 25.3 Å². The van der Waals surface area contributed by atoms with E-state index in [9.17, 15) is 0 Å². The zero-order valence-corrected chi connectivity index (χ0v) is 10.8. The summed E-state index contributed by atoms with van der Waals surface area (Å²) in [6, 6.07) is 0.601.